The van der Waals surface area contributed by atoms with E-state index in [2.05, 4.69) is 0 Å². The minimum absolute atomic E-state index is 0.00148. The summed E-state index contributed by atoms with van der Waals surface area (Å²) in [5.74, 6) is -3.55. The monoisotopic (exact) mass is 302 g/mol. The van der Waals surface area contributed by atoms with E-state index in [4.69, 9.17) is 9.47 Å². The number of ether oxygens (including phenoxy) is 2. The first-order valence-electron chi connectivity index (χ1n) is 6.59. The van der Waals surface area contributed by atoms with Gasteiger partial charge in [-0.2, -0.15) is 0 Å². The third-order valence-corrected chi connectivity index (χ3v) is 3.59. The number of fused-ring (bicyclic) bond motifs is 1. The van der Waals surface area contributed by atoms with Gasteiger partial charge in [-0.25, -0.2) is 0 Å². The summed E-state index contributed by atoms with van der Waals surface area (Å²) in [4.78, 5) is 12.4. The predicted molar refractivity (Wildman–Crippen MR) is 76.2 cm³/mol. The van der Waals surface area contributed by atoms with Crippen LogP contribution in [-0.4, -0.2) is 28.2 Å². The number of phenolic OH excluding ortho intramolecular Hbond substituents is 2. The Kier molecular flexibility index (Phi) is 3.18. The van der Waals surface area contributed by atoms with E-state index < -0.39 is 23.1 Å². The van der Waals surface area contributed by atoms with E-state index >= 15 is 0 Å². The molecule has 0 unspecified atom stereocenters. The Morgan fingerprint density at radius 3 is 2.55 bits per heavy atom. The van der Waals surface area contributed by atoms with Crippen LogP contribution in [0.1, 0.15) is 22.3 Å². The van der Waals surface area contributed by atoms with Crippen molar-refractivity contribution in [1.29, 1.82) is 0 Å². The van der Waals surface area contributed by atoms with Gasteiger partial charge >= 0.3 is 0 Å². The number of hydrogen-bond donors (Lipinski definition) is 3. The summed E-state index contributed by atoms with van der Waals surface area (Å²) in [6, 6.07) is 9.55. The first kappa shape index (κ1) is 14.2. The Morgan fingerprint density at radius 1 is 1.23 bits per heavy atom. The third kappa shape index (κ3) is 2.05. The highest BCUT2D eigenvalue weighted by Gasteiger charge is 2.43. The number of hydrogen-bond acceptors (Lipinski definition) is 6. The van der Waals surface area contributed by atoms with Crippen molar-refractivity contribution >= 4 is 5.78 Å². The molecule has 2 aromatic carbocycles. The summed E-state index contributed by atoms with van der Waals surface area (Å²) in [5, 5.41) is 30.1. The molecule has 1 aliphatic rings. The number of rotatable bonds is 2. The van der Waals surface area contributed by atoms with E-state index in [1.807, 2.05) is 0 Å². The van der Waals surface area contributed by atoms with Crippen molar-refractivity contribution in [2.45, 2.75) is 12.2 Å². The van der Waals surface area contributed by atoms with E-state index in [1.54, 1.807) is 30.3 Å². The molecule has 0 saturated carbocycles. The van der Waals surface area contributed by atoms with Crippen LogP contribution in [0.25, 0.3) is 0 Å². The molecule has 0 radical (unpaired) electrons. The smallest absolute Gasteiger partial charge is 0.242 e. The molecule has 0 saturated heterocycles. The lowest BCUT2D eigenvalue weighted by Gasteiger charge is -2.34. The zero-order valence-electron chi connectivity index (χ0n) is 11.7. The molecular formula is C16H14O6. The summed E-state index contributed by atoms with van der Waals surface area (Å²) >= 11 is 0. The molecule has 114 valence electrons. The van der Waals surface area contributed by atoms with E-state index in [1.165, 1.54) is 7.11 Å². The van der Waals surface area contributed by atoms with Crippen LogP contribution in [0.2, 0.25) is 0 Å². The van der Waals surface area contributed by atoms with Gasteiger partial charge in [-0.1, -0.05) is 30.3 Å². The molecule has 1 atom stereocenters. The van der Waals surface area contributed by atoms with Gasteiger partial charge < -0.3 is 24.8 Å². The SMILES string of the molecule is COc1c(O)c(O)cc2c1C(=O)C[C@@](O)(c1ccccc1)O2. The predicted octanol–water partition coefficient (Wildman–Crippen LogP) is 1.92. The third-order valence-electron chi connectivity index (χ3n) is 3.59. The average Bonchev–Trinajstić information content (AvgIpc) is 2.50. The molecule has 0 amide bonds. The fourth-order valence-electron chi connectivity index (χ4n) is 2.54. The van der Waals surface area contributed by atoms with E-state index in [9.17, 15) is 20.1 Å². The molecule has 0 aliphatic carbocycles. The van der Waals surface area contributed by atoms with Crippen LogP contribution < -0.4 is 9.47 Å². The molecule has 3 rings (SSSR count). The average molecular weight is 302 g/mol. The molecule has 2 aromatic rings. The van der Waals surface area contributed by atoms with Gasteiger partial charge in [0.15, 0.2) is 17.3 Å². The number of Topliss-reactive ketones (excluding diaryl/α,β-unsaturated/α-hetero) is 1. The molecule has 3 N–H and O–H groups in total. The van der Waals surface area contributed by atoms with Crippen molar-refractivity contribution in [1.82, 2.24) is 0 Å². The van der Waals surface area contributed by atoms with Crippen molar-refractivity contribution in [3.05, 3.63) is 47.5 Å². The summed E-state index contributed by atoms with van der Waals surface area (Å²) in [6.07, 6.45) is -0.329. The summed E-state index contributed by atoms with van der Waals surface area (Å²) in [6.45, 7) is 0. The molecule has 6 heteroatoms. The second-order valence-corrected chi connectivity index (χ2v) is 5.00. The Hall–Kier alpha value is -2.73. The lowest BCUT2D eigenvalue weighted by atomic mass is 9.92. The molecule has 6 nitrogen and oxygen atoms in total. The molecule has 0 aromatic heterocycles. The van der Waals surface area contributed by atoms with Gasteiger partial charge in [0.05, 0.1) is 13.5 Å². The lowest BCUT2D eigenvalue weighted by molar-refractivity contribution is -0.147. The van der Waals surface area contributed by atoms with E-state index in [-0.39, 0.29) is 23.5 Å². The van der Waals surface area contributed by atoms with Crippen molar-refractivity contribution in [3.63, 3.8) is 0 Å². The lowest BCUT2D eigenvalue weighted by Crippen LogP contribution is -2.39. The highest BCUT2D eigenvalue weighted by atomic mass is 16.6. The van der Waals surface area contributed by atoms with Crippen molar-refractivity contribution in [2.24, 2.45) is 0 Å². The maximum Gasteiger partial charge on any atom is 0.242 e. The molecular weight excluding hydrogens is 288 g/mol. The van der Waals surface area contributed by atoms with E-state index in [0.29, 0.717) is 5.56 Å². The van der Waals surface area contributed by atoms with Crippen molar-refractivity contribution < 1.29 is 29.6 Å². The maximum atomic E-state index is 12.4. The summed E-state index contributed by atoms with van der Waals surface area (Å²) in [5.41, 5.74) is 0.416. The minimum atomic E-state index is -1.83. The number of methoxy groups -OCH3 is 1. The number of carbonyl (C=O) groups excluding carboxylic acids is 1. The standard InChI is InChI=1S/C16H14O6/c1-21-15-13-11(18)8-16(20,9-5-3-2-4-6-9)22-12(13)7-10(17)14(15)19/h2-7,17,19-20H,8H2,1H3/t16-/m0/s1. The second kappa shape index (κ2) is 4.92. The van der Waals surface area contributed by atoms with Gasteiger partial charge in [0.2, 0.25) is 11.5 Å². The van der Waals surface area contributed by atoms with Gasteiger partial charge in [-0.15, -0.1) is 0 Å². The number of aliphatic hydroxyl groups is 1. The first-order valence-corrected chi connectivity index (χ1v) is 6.59. The number of aromatic hydroxyl groups is 2. The van der Waals surface area contributed by atoms with Crippen molar-refractivity contribution in [2.75, 3.05) is 7.11 Å². The van der Waals surface area contributed by atoms with Gasteiger partial charge in [0.25, 0.3) is 0 Å². The number of carbonyl (C=O) groups is 1. The van der Waals surface area contributed by atoms with Gasteiger partial charge in [-0.05, 0) is 0 Å². The van der Waals surface area contributed by atoms with Crippen LogP contribution in [0.5, 0.6) is 23.0 Å². The van der Waals surface area contributed by atoms with Crippen LogP contribution in [0.15, 0.2) is 36.4 Å². The van der Waals surface area contributed by atoms with Gasteiger partial charge in [0, 0.05) is 11.6 Å². The molecule has 0 fully saturated rings. The Labute approximate surface area is 126 Å². The first-order chi connectivity index (χ1) is 10.5. The van der Waals surface area contributed by atoms with Gasteiger partial charge in [-0.3, -0.25) is 4.79 Å². The summed E-state index contributed by atoms with van der Waals surface area (Å²) in [7, 11) is 1.26. The minimum Gasteiger partial charge on any atom is -0.504 e. The molecule has 22 heavy (non-hydrogen) atoms. The van der Waals surface area contributed by atoms with Gasteiger partial charge in [0.1, 0.15) is 11.3 Å². The van der Waals surface area contributed by atoms with E-state index in [0.717, 1.165) is 6.07 Å². The fourth-order valence-corrected chi connectivity index (χ4v) is 2.54. The topological polar surface area (TPSA) is 96.2 Å². The van der Waals surface area contributed by atoms with Crippen LogP contribution in [-0.2, 0) is 5.79 Å². The largest absolute Gasteiger partial charge is 0.504 e. The summed E-state index contributed by atoms with van der Waals surface area (Å²) < 4.78 is 10.5. The zero-order valence-corrected chi connectivity index (χ0v) is 11.7. The Morgan fingerprint density at radius 2 is 1.91 bits per heavy atom. The number of benzene rings is 2. The van der Waals surface area contributed by atoms with Crippen LogP contribution in [0.4, 0.5) is 0 Å². The Balaban J connectivity index is 2.15. The normalized spacial score (nSPS) is 20.2. The molecule has 1 heterocycles. The zero-order chi connectivity index (χ0) is 15.9. The van der Waals surface area contributed by atoms with Crippen LogP contribution >= 0.6 is 0 Å². The molecule has 0 bridgehead atoms. The fraction of sp³-hybridized carbons (Fsp3) is 0.188. The highest BCUT2D eigenvalue weighted by molar-refractivity contribution is 6.04. The Bertz CT molecular complexity index is 740. The van der Waals surface area contributed by atoms with Crippen molar-refractivity contribution in [3.8, 4) is 23.0 Å². The molecule has 1 aliphatic heterocycles. The quantitative estimate of drug-likeness (QED) is 0.733. The number of phenols is 2. The highest BCUT2D eigenvalue weighted by Crippen LogP contribution is 2.49. The maximum absolute atomic E-state index is 12.4. The number of ketones is 1. The van der Waals surface area contributed by atoms with Crippen LogP contribution in [0.3, 0.4) is 0 Å². The molecule has 0 spiro atoms. The van der Waals surface area contributed by atoms with Crippen LogP contribution in [0, 0.1) is 0 Å². The second-order valence-electron chi connectivity index (χ2n) is 5.00.